The van der Waals surface area contributed by atoms with Crippen LogP contribution in [0.4, 0.5) is 11.6 Å². The molecule has 1 amide bonds. The van der Waals surface area contributed by atoms with Crippen molar-refractivity contribution in [3.05, 3.63) is 72.3 Å². The van der Waals surface area contributed by atoms with Gasteiger partial charge in [-0.2, -0.15) is 0 Å². The van der Waals surface area contributed by atoms with Crippen molar-refractivity contribution in [2.75, 3.05) is 36.4 Å². The van der Waals surface area contributed by atoms with E-state index in [1.165, 1.54) is 5.56 Å². The molecule has 0 bridgehead atoms. The van der Waals surface area contributed by atoms with E-state index >= 15 is 0 Å². The molecule has 6 nitrogen and oxygen atoms in total. The fourth-order valence-electron chi connectivity index (χ4n) is 3.25. The Labute approximate surface area is 164 Å². The summed E-state index contributed by atoms with van der Waals surface area (Å²) < 4.78 is 0. The Morgan fingerprint density at radius 2 is 1.57 bits per heavy atom. The van der Waals surface area contributed by atoms with E-state index in [0.717, 1.165) is 36.7 Å². The molecule has 4 rings (SSSR count). The van der Waals surface area contributed by atoms with E-state index in [9.17, 15) is 4.79 Å². The van der Waals surface area contributed by atoms with Crippen LogP contribution in [-0.2, 0) is 11.3 Å². The Morgan fingerprint density at radius 3 is 2.25 bits per heavy atom. The van der Waals surface area contributed by atoms with Gasteiger partial charge in [0.2, 0.25) is 6.41 Å². The molecule has 28 heavy (non-hydrogen) atoms. The van der Waals surface area contributed by atoms with E-state index in [-0.39, 0.29) is 0 Å². The molecule has 142 valence electrons. The highest BCUT2D eigenvalue weighted by Crippen LogP contribution is 2.23. The van der Waals surface area contributed by atoms with Crippen LogP contribution in [0.25, 0.3) is 11.4 Å². The monoisotopic (exact) mass is 373 g/mol. The summed E-state index contributed by atoms with van der Waals surface area (Å²) in [7, 11) is 0. The number of hydrogen-bond donors (Lipinski definition) is 1. The van der Waals surface area contributed by atoms with Crippen molar-refractivity contribution in [2.24, 2.45) is 0 Å². The minimum absolute atomic E-state index is 0.699. The van der Waals surface area contributed by atoms with E-state index < -0.39 is 0 Å². The first kappa shape index (κ1) is 18.0. The Kier molecular flexibility index (Phi) is 5.47. The van der Waals surface area contributed by atoms with Gasteiger partial charge in [0, 0.05) is 44.4 Å². The zero-order valence-corrected chi connectivity index (χ0v) is 15.7. The Bertz CT molecular complexity index is 909. The van der Waals surface area contributed by atoms with Gasteiger partial charge in [0.1, 0.15) is 11.6 Å². The largest absolute Gasteiger partial charge is 0.366 e. The van der Waals surface area contributed by atoms with Crippen molar-refractivity contribution >= 4 is 18.0 Å². The molecule has 0 atom stereocenters. The van der Waals surface area contributed by atoms with E-state index in [4.69, 9.17) is 9.97 Å². The van der Waals surface area contributed by atoms with Crippen LogP contribution in [0.5, 0.6) is 0 Å². The van der Waals surface area contributed by atoms with Crippen molar-refractivity contribution in [2.45, 2.75) is 6.54 Å². The molecule has 0 unspecified atom stereocenters. The van der Waals surface area contributed by atoms with Crippen LogP contribution in [0, 0.1) is 0 Å². The number of amides is 1. The number of carbonyl (C=O) groups is 1. The highest BCUT2D eigenvalue weighted by Gasteiger charge is 2.18. The van der Waals surface area contributed by atoms with Crippen LogP contribution in [0.15, 0.2) is 66.7 Å². The summed E-state index contributed by atoms with van der Waals surface area (Å²) in [5.41, 5.74) is 2.18. The highest BCUT2D eigenvalue weighted by atomic mass is 16.1. The second-order valence-electron chi connectivity index (χ2n) is 6.77. The lowest BCUT2D eigenvalue weighted by Gasteiger charge is -2.33. The maximum absolute atomic E-state index is 11.0. The number of anilines is 2. The third kappa shape index (κ3) is 4.28. The first-order valence-corrected chi connectivity index (χ1v) is 9.48. The molecule has 1 aromatic heterocycles. The highest BCUT2D eigenvalue weighted by molar-refractivity contribution is 5.62. The third-order valence-electron chi connectivity index (χ3n) is 4.85. The third-order valence-corrected chi connectivity index (χ3v) is 4.85. The molecule has 6 heteroatoms. The smallest absolute Gasteiger partial charge is 0.209 e. The molecule has 1 saturated heterocycles. The summed E-state index contributed by atoms with van der Waals surface area (Å²) in [6, 6.07) is 22.3. The van der Waals surface area contributed by atoms with Gasteiger partial charge < -0.3 is 15.1 Å². The molecule has 1 aliphatic heterocycles. The number of nitrogens with zero attached hydrogens (tertiary/aromatic N) is 4. The number of rotatable bonds is 6. The summed E-state index contributed by atoms with van der Waals surface area (Å²) >= 11 is 0. The predicted octanol–water partition coefficient (Wildman–Crippen LogP) is 3.03. The number of benzene rings is 2. The summed E-state index contributed by atoms with van der Waals surface area (Å²) in [5.74, 6) is 2.38. The first-order chi connectivity index (χ1) is 13.8. The fraction of sp³-hybridized carbons (Fsp3) is 0.227. The van der Waals surface area contributed by atoms with Gasteiger partial charge in [-0.15, -0.1) is 0 Å². The van der Waals surface area contributed by atoms with Crippen molar-refractivity contribution in [3.8, 4) is 11.4 Å². The maximum Gasteiger partial charge on any atom is 0.209 e. The molecule has 0 radical (unpaired) electrons. The second kappa shape index (κ2) is 8.52. The van der Waals surface area contributed by atoms with Crippen LogP contribution in [0.3, 0.4) is 0 Å². The molecular formula is C22H23N5O. The van der Waals surface area contributed by atoms with Gasteiger partial charge in [-0.05, 0) is 5.56 Å². The summed E-state index contributed by atoms with van der Waals surface area (Å²) in [6.07, 6.45) is 0.916. The van der Waals surface area contributed by atoms with Gasteiger partial charge in [-0.3, -0.25) is 4.79 Å². The minimum atomic E-state index is 0.699. The van der Waals surface area contributed by atoms with Crippen LogP contribution in [0.2, 0.25) is 0 Å². The quantitative estimate of drug-likeness (QED) is 0.673. The number of nitrogens with one attached hydrogen (secondary N) is 1. The first-order valence-electron chi connectivity index (χ1n) is 9.48. The molecule has 0 spiro atoms. The van der Waals surface area contributed by atoms with E-state index in [0.29, 0.717) is 25.5 Å². The topological polar surface area (TPSA) is 61.4 Å². The van der Waals surface area contributed by atoms with Gasteiger partial charge in [-0.25, -0.2) is 9.97 Å². The summed E-state index contributed by atoms with van der Waals surface area (Å²) in [6.45, 7) is 3.65. The average Bonchev–Trinajstić information content (AvgIpc) is 2.79. The van der Waals surface area contributed by atoms with E-state index in [1.807, 2.05) is 54.6 Å². The molecule has 1 aliphatic rings. The van der Waals surface area contributed by atoms with Crippen molar-refractivity contribution < 1.29 is 4.79 Å². The number of aromatic nitrogens is 2. The van der Waals surface area contributed by atoms with Crippen molar-refractivity contribution in [3.63, 3.8) is 0 Å². The van der Waals surface area contributed by atoms with Gasteiger partial charge in [0.15, 0.2) is 5.82 Å². The maximum atomic E-state index is 11.0. The molecule has 1 N–H and O–H groups in total. The fourth-order valence-corrected chi connectivity index (χ4v) is 3.25. The molecule has 3 aromatic rings. The molecule has 1 fully saturated rings. The van der Waals surface area contributed by atoms with Crippen LogP contribution in [0.1, 0.15) is 5.56 Å². The number of piperazine rings is 1. The van der Waals surface area contributed by atoms with Gasteiger partial charge in [0.25, 0.3) is 0 Å². The van der Waals surface area contributed by atoms with Gasteiger partial charge in [-0.1, -0.05) is 60.7 Å². The van der Waals surface area contributed by atoms with Crippen LogP contribution < -0.4 is 10.2 Å². The van der Waals surface area contributed by atoms with Gasteiger partial charge >= 0.3 is 0 Å². The van der Waals surface area contributed by atoms with Gasteiger partial charge in [0.05, 0.1) is 0 Å². The summed E-state index contributed by atoms with van der Waals surface area (Å²) in [5, 5.41) is 3.43. The molecule has 2 heterocycles. The van der Waals surface area contributed by atoms with E-state index in [2.05, 4.69) is 22.3 Å². The second-order valence-corrected chi connectivity index (χ2v) is 6.77. The minimum Gasteiger partial charge on any atom is -0.366 e. The Balaban J connectivity index is 1.60. The lowest BCUT2D eigenvalue weighted by molar-refractivity contribution is -0.118. The SMILES string of the molecule is O=CN1CCN(c2cc(NCc3ccccc3)nc(-c3ccccc3)n2)CC1. The number of hydrogen-bond acceptors (Lipinski definition) is 5. The van der Waals surface area contributed by atoms with Crippen LogP contribution >= 0.6 is 0 Å². The zero-order valence-electron chi connectivity index (χ0n) is 15.7. The molecule has 2 aromatic carbocycles. The normalized spacial score (nSPS) is 14.0. The van der Waals surface area contributed by atoms with Crippen molar-refractivity contribution in [1.82, 2.24) is 14.9 Å². The average molecular weight is 373 g/mol. The predicted molar refractivity (Wildman–Crippen MR) is 111 cm³/mol. The molecule has 0 saturated carbocycles. The molecular weight excluding hydrogens is 350 g/mol. The Morgan fingerprint density at radius 1 is 0.893 bits per heavy atom. The zero-order chi connectivity index (χ0) is 19.2. The standard InChI is InChI=1S/C22H23N5O/c28-17-26-11-13-27(14-12-26)21-15-20(23-16-18-7-3-1-4-8-18)24-22(25-21)19-9-5-2-6-10-19/h1-10,15,17H,11-14,16H2,(H,23,24,25). The van der Waals surface area contributed by atoms with E-state index in [1.54, 1.807) is 4.90 Å². The number of carbonyl (C=O) groups excluding carboxylic acids is 1. The Hall–Kier alpha value is -3.41. The summed E-state index contributed by atoms with van der Waals surface area (Å²) in [4.78, 5) is 24.5. The van der Waals surface area contributed by atoms with Crippen molar-refractivity contribution in [1.29, 1.82) is 0 Å². The lowest BCUT2D eigenvalue weighted by atomic mass is 10.2. The lowest BCUT2D eigenvalue weighted by Crippen LogP contribution is -2.46. The van der Waals surface area contributed by atoms with Crippen LogP contribution in [-0.4, -0.2) is 47.5 Å². The molecule has 0 aliphatic carbocycles.